The van der Waals surface area contributed by atoms with Crippen molar-refractivity contribution < 1.29 is 9.50 Å². The van der Waals surface area contributed by atoms with Crippen molar-refractivity contribution in [2.45, 2.75) is 13.0 Å². The predicted molar refractivity (Wildman–Crippen MR) is 37.0 cm³/mol. The highest BCUT2D eigenvalue weighted by Gasteiger charge is 1.98. The second-order valence-electron chi connectivity index (χ2n) is 2.23. The minimum absolute atomic E-state index is 0.274. The molecule has 0 heterocycles. The van der Waals surface area contributed by atoms with Gasteiger partial charge in [0.1, 0.15) is 5.82 Å². The number of hydrogen-bond acceptors (Lipinski definition) is 1. The monoisotopic (exact) mass is 140 g/mol. The molecular formula is C8H9FO. The second kappa shape index (κ2) is 2.80. The summed E-state index contributed by atoms with van der Waals surface area (Å²) in [6.07, 6.45) is -0.513. The lowest BCUT2D eigenvalue weighted by atomic mass is 10.1. The molecule has 0 saturated heterocycles. The van der Waals surface area contributed by atoms with Gasteiger partial charge in [0, 0.05) is 0 Å². The van der Waals surface area contributed by atoms with Crippen molar-refractivity contribution in [1.29, 1.82) is 0 Å². The van der Waals surface area contributed by atoms with Gasteiger partial charge in [0.05, 0.1) is 6.10 Å². The molecule has 1 atom stereocenters. The van der Waals surface area contributed by atoms with Crippen molar-refractivity contribution in [2.75, 3.05) is 0 Å². The number of halogens is 1. The summed E-state index contributed by atoms with van der Waals surface area (Å²) < 4.78 is 12.3. The Morgan fingerprint density at radius 2 is 1.80 bits per heavy atom. The molecule has 1 nitrogen and oxygen atoms in total. The van der Waals surface area contributed by atoms with E-state index in [0.29, 0.717) is 0 Å². The third kappa shape index (κ3) is 1.54. The normalized spacial score (nSPS) is 13.1. The molecule has 0 saturated carbocycles. The molecule has 0 aromatic heterocycles. The number of hydrogen-bond donors (Lipinski definition) is 1. The van der Waals surface area contributed by atoms with Crippen molar-refractivity contribution in [3.05, 3.63) is 35.6 Å². The first-order valence-electron chi connectivity index (χ1n) is 3.13. The quantitative estimate of drug-likeness (QED) is 0.631. The van der Waals surface area contributed by atoms with Crippen LogP contribution in [0.15, 0.2) is 24.3 Å². The van der Waals surface area contributed by atoms with Crippen LogP contribution in [0.1, 0.15) is 18.6 Å². The molecule has 0 amide bonds. The predicted octanol–water partition coefficient (Wildman–Crippen LogP) is 1.88. The number of rotatable bonds is 1. The lowest BCUT2D eigenvalue weighted by molar-refractivity contribution is 0.199. The van der Waals surface area contributed by atoms with E-state index < -0.39 is 6.10 Å². The minimum Gasteiger partial charge on any atom is -0.389 e. The van der Waals surface area contributed by atoms with Gasteiger partial charge in [-0.05, 0) is 24.6 Å². The maximum absolute atomic E-state index is 12.3. The molecule has 0 spiro atoms. The fraction of sp³-hybridized carbons (Fsp3) is 0.250. The first-order valence-corrected chi connectivity index (χ1v) is 3.13. The van der Waals surface area contributed by atoms with Gasteiger partial charge in [0.2, 0.25) is 0 Å². The molecule has 1 aromatic rings. The standard InChI is InChI=1S/C8H9FO/c1-6(10)7-2-4-8(9)5-3-7/h2-6,10H,1H3/t6-/m0/s1. The summed E-state index contributed by atoms with van der Waals surface area (Å²) in [5, 5.41) is 8.99. The highest BCUT2D eigenvalue weighted by Crippen LogP contribution is 2.11. The Hall–Kier alpha value is -0.890. The van der Waals surface area contributed by atoms with Crippen LogP contribution in [0.2, 0.25) is 0 Å². The minimum atomic E-state index is -0.513. The molecule has 2 heteroatoms. The van der Waals surface area contributed by atoms with Gasteiger partial charge in [-0.1, -0.05) is 12.1 Å². The molecule has 0 fully saturated rings. The van der Waals surface area contributed by atoms with E-state index in [0.717, 1.165) is 5.56 Å². The largest absolute Gasteiger partial charge is 0.389 e. The first-order chi connectivity index (χ1) is 4.70. The molecule has 0 radical (unpaired) electrons. The Labute approximate surface area is 59.1 Å². The molecule has 10 heavy (non-hydrogen) atoms. The third-order valence-electron chi connectivity index (χ3n) is 1.35. The summed E-state index contributed by atoms with van der Waals surface area (Å²) >= 11 is 0. The topological polar surface area (TPSA) is 20.2 Å². The van der Waals surface area contributed by atoms with Crippen LogP contribution in [0, 0.1) is 5.82 Å². The third-order valence-corrected chi connectivity index (χ3v) is 1.35. The number of aliphatic hydroxyl groups excluding tert-OH is 1. The van der Waals surface area contributed by atoms with Gasteiger partial charge in [-0.3, -0.25) is 0 Å². The Morgan fingerprint density at radius 3 is 2.20 bits per heavy atom. The molecular weight excluding hydrogens is 131 g/mol. The smallest absolute Gasteiger partial charge is 0.123 e. The van der Waals surface area contributed by atoms with Crippen molar-refractivity contribution >= 4 is 0 Å². The maximum atomic E-state index is 12.3. The fourth-order valence-corrected chi connectivity index (χ4v) is 0.741. The second-order valence-corrected chi connectivity index (χ2v) is 2.23. The van der Waals surface area contributed by atoms with E-state index >= 15 is 0 Å². The fourth-order valence-electron chi connectivity index (χ4n) is 0.741. The van der Waals surface area contributed by atoms with Gasteiger partial charge in [-0.2, -0.15) is 0 Å². The molecule has 0 bridgehead atoms. The Morgan fingerprint density at radius 1 is 1.30 bits per heavy atom. The van der Waals surface area contributed by atoms with E-state index in [9.17, 15) is 4.39 Å². The number of aliphatic hydroxyl groups is 1. The highest BCUT2D eigenvalue weighted by molar-refractivity contribution is 5.17. The van der Waals surface area contributed by atoms with Gasteiger partial charge in [-0.15, -0.1) is 0 Å². The van der Waals surface area contributed by atoms with Crippen molar-refractivity contribution in [3.8, 4) is 0 Å². The van der Waals surface area contributed by atoms with E-state index in [-0.39, 0.29) is 5.82 Å². The van der Waals surface area contributed by atoms with E-state index in [2.05, 4.69) is 0 Å². The van der Waals surface area contributed by atoms with Gasteiger partial charge < -0.3 is 5.11 Å². The summed E-state index contributed by atoms with van der Waals surface area (Å²) in [7, 11) is 0. The van der Waals surface area contributed by atoms with Crippen LogP contribution in [0.25, 0.3) is 0 Å². The number of benzene rings is 1. The zero-order chi connectivity index (χ0) is 7.56. The molecule has 0 aliphatic heterocycles. The summed E-state index contributed by atoms with van der Waals surface area (Å²) in [6.45, 7) is 1.65. The van der Waals surface area contributed by atoms with Gasteiger partial charge >= 0.3 is 0 Å². The van der Waals surface area contributed by atoms with E-state index in [1.807, 2.05) is 0 Å². The van der Waals surface area contributed by atoms with E-state index in [4.69, 9.17) is 5.11 Å². The van der Waals surface area contributed by atoms with Crippen LogP contribution in [0.4, 0.5) is 4.39 Å². The Kier molecular flexibility index (Phi) is 2.02. The lowest BCUT2D eigenvalue weighted by Crippen LogP contribution is -1.89. The average Bonchev–Trinajstić information content (AvgIpc) is 1.88. The van der Waals surface area contributed by atoms with Crippen molar-refractivity contribution in [1.82, 2.24) is 0 Å². The van der Waals surface area contributed by atoms with Gasteiger partial charge in [0.15, 0.2) is 0 Å². The summed E-state index contributed by atoms with van der Waals surface area (Å²) in [5.41, 5.74) is 0.737. The molecule has 1 rings (SSSR count). The molecule has 1 aromatic carbocycles. The molecule has 1 N–H and O–H groups in total. The maximum Gasteiger partial charge on any atom is 0.123 e. The van der Waals surface area contributed by atoms with Gasteiger partial charge in [-0.25, -0.2) is 4.39 Å². The molecule has 0 unspecified atom stereocenters. The zero-order valence-corrected chi connectivity index (χ0v) is 5.71. The highest BCUT2D eigenvalue weighted by atomic mass is 19.1. The Balaban J connectivity index is 2.89. The van der Waals surface area contributed by atoms with Crippen LogP contribution < -0.4 is 0 Å². The summed E-state index contributed by atoms with van der Waals surface area (Å²) in [4.78, 5) is 0. The van der Waals surface area contributed by atoms with Crippen molar-refractivity contribution in [2.24, 2.45) is 0 Å². The Bertz CT molecular complexity index is 203. The van der Waals surface area contributed by atoms with E-state index in [1.165, 1.54) is 12.1 Å². The SMILES string of the molecule is C[C@H](O)c1ccc(F)cc1. The van der Waals surface area contributed by atoms with Crippen LogP contribution in [0.3, 0.4) is 0 Å². The van der Waals surface area contributed by atoms with Crippen molar-refractivity contribution in [3.63, 3.8) is 0 Å². The molecule has 0 aliphatic carbocycles. The molecule has 54 valence electrons. The van der Waals surface area contributed by atoms with Crippen LogP contribution in [-0.4, -0.2) is 5.11 Å². The summed E-state index contributed by atoms with van der Waals surface area (Å²) in [5.74, 6) is -0.274. The van der Waals surface area contributed by atoms with Crippen LogP contribution in [0.5, 0.6) is 0 Å². The summed E-state index contributed by atoms with van der Waals surface area (Å²) in [6, 6.07) is 5.81. The molecule has 0 aliphatic rings. The van der Waals surface area contributed by atoms with E-state index in [1.54, 1.807) is 19.1 Å². The first kappa shape index (κ1) is 7.22. The lowest BCUT2D eigenvalue weighted by Gasteiger charge is -2.01. The van der Waals surface area contributed by atoms with Crippen LogP contribution >= 0.6 is 0 Å². The van der Waals surface area contributed by atoms with Gasteiger partial charge in [0.25, 0.3) is 0 Å². The average molecular weight is 140 g/mol. The van der Waals surface area contributed by atoms with Crippen LogP contribution in [-0.2, 0) is 0 Å². The zero-order valence-electron chi connectivity index (χ0n) is 5.71.